The molecular formula is C15H18ClNO2. The van der Waals surface area contributed by atoms with E-state index in [2.05, 4.69) is 13.8 Å². The molecule has 0 bridgehead atoms. The van der Waals surface area contributed by atoms with Crippen LogP contribution in [0.5, 0.6) is 0 Å². The molecule has 0 spiro atoms. The first-order chi connectivity index (χ1) is 9.02. The monoisotopic (exact) mass is 279 g/mol. The van der Waals surface area contributed by atoms with Gasteiger partial charge in [0.1, 0.15) is 0 Å². The highest BCUT2D eigenvalue weighted by molar-refractivity contribution is 6.17. The molecule has 1 saturated heterocycles. The first-order valence-electron chi connectivity index (χ1n) is 6.52. The van der Waals surface area contributed by atoms with Crippen LogP contribution >= 0.6 is 11.6 Å². The van der Waals surface area contributed by atoms with E-state index in [1.807, 2.05) is 6.07 Å². The van der Waals surface area contributed by atoms with E-state index in [1.165, 1.54) is 4.90 Å². The maximum Gasteiger partial charge on any atom is 0.260 e. The fourth-order valence-corrected chi connectivity index (χ4v) is 2.49. The molecule has 0 saturated carbocycles. The highest BCUT2D eigenvalue weighted by Crippen LogP contribution is 2.26. The molecule has 3 nitrogen and oxygen atoms in total. The quantitative estimate of drug-likeness (QED) is 0.630. The van der Waals surface area contributed by atoms with Crippen LogP contribution < -0.4 is 0 Å². The summed E-state index contributed by atoms with van der Waals surface area (Å²) in [5, 5.41) is 0. The van der Waals surface area contributed by atoms with E-state index in [-0.39, 0.29) is 17.7 Å². The van der Waals surface area contributed by atoms with Crippen LogP contribution in [0.2, 0.25) is 0 Å². The number of hydrogen-bond donors (Lipinski definition) is 0. The Balaban J connectivity index is 2.17. The molecule has 1 unspecified atom stereocenters. The van der Waals surface area contributed by atoms with Gasteiger partial charge in [-0.2, -0.15) is 0 Å². The van der Waals surface area contributed by atoms with Gasteiger partial charge in [-0.1, -0.05) is 26.0 Å². The van der Waals surface area contributed by atoms with Crippen molar-refractivity contribution in [2.45, 2.75) is 26.1 Å². The molecule has 1 fully saturated rings. The van der Waals surface area contributed by atoms with Gasteiger partial charge in [0, 0.05) is 24.4 Å². The van der Waals surface area contributed by atoms with Gasteiger partial charge in [0.2, 0.25) is 5.91 Å². The number of imide groups is 1. The molecule has 19 heavy (non-hydrogen) atoms. The molecule has 102 valence electrons. The summed E-state index contributed by atoms with van der Waals surface area (Å²) < 4.78 is 0. The molecule has 0 aliphatic carbocycles. The highest BCUT2D eigenvalue weighted by Gasteiger charge is 2.35. The average molecular weight is 280 g/mol. The Hall–Kier alpha value is -1.35. The van der Waals surface area contributed by atoms with E-state index in [1.54, 1.807) is 18.2 Å². The lowest BCUT2D eigenvalue weighted by molar-refractivity contribution is -0.125. The summed E-state index contributed by atoms with van der Waals surface area (Å²) in [4.78, 5) is 25.7. The maximum absolute atomic E-state index is 12.4. The van der Waals surface area contributed by atoms with Crippen molar-refractivity contribution >= 4 is 23.4 Å². The van der Waals surface area contributed by atoms with E-state index in [0.717, 1.165) is 5.56 Å². The lowest BCUT2D eigenvalue weighted by Gasteiger charge is -2.16. The molecule has 1 aromatic carbocycles. The number of alkyl halides is 1. The number of nitrogens with zero attached hydrogens (tertiary/aromatic N) is 1. The van der Waals surface area contributed by atoms with Crippen molar-refractivity contribution in [2.75, 3.05) is 6.54 Å². The van der Waals surface area contributed by atoms with Crippen molar-refractivity contribution < 1.29 is 9.59 Å². The van der Waals surface area contributed by atoms with Gasteiger partial charge < -0.3 is 0 Å². The number of benzene rings is 1. The Kier molecular flexibility index (Phi) is 4.25. The van der Waals surface area contributed by atoms with Crippen LogP contribution in [0.3, 0.4) is 0 Å². The topological polar surface area (TPSA) is 37.4 Å². The number of hydrogen-bond acceptors (Lipinski definition) is 2. The highest BCUT2D eigenvalue weighted by atomic mass is 35.5. The summed E-state index contributed by atoms with van der Waals surface area (Å²) in [5.41, 5.74) is 1.43. The SMILES string of the molecule is CC(C)C1CC(=O)N(C(=O)c2cccc(CCl)c2)C1. The second kappa shape index (κ2) is 5.74. The molecule has 0 radical (unpaired) electrons. The zero-order valence-corrected chi connectivity index (χ0v) is 12.0. The van der Waals surface area contributed by atoms with Gasteiger partial charge in [-0.25, -0.2) is 0 Å². The van der Waals surface area contributed by atoms with Crippen LogP contribution in [0.4, 0.5) is 0 Å². The lowest BCUT2D eigenvalue weighted by atomic mass is 9.95. The summed E-state index contributed by atoms with van der Waals surface area (Å²) in [6, 6.07) is 7.15. The first kappa shape index (κ1) is 14.1. The van der Waals surface area contributed by atoms with Crippen molar-refractivity contribution in [3.05, 3.63) is 35.4 Å². The lowest BCUT2D eigenvalue weighted by Crippen LogP contribution is -2.32. The smallest absolute Gasteiger partial charge is 0.260 e. The summed E-state index contributed by atoms with van der Waals surface area (Å²) in [7, 11) is 0. The molecule has 1 aliphatic rings. The number of halogens is 1. The number of rotatable bonds is 3. The second-order valence-corrected chi connectivity index (χ2v) is 5.62. The predicted molar refractivity (Wildman–Crippen MR) is 75.0 cm³/mol. The predicted octanol–water partition coefficient (Wildman–Crippen LogP) is 3.07. The minimum Gasteiger partial charge on any atom is -0.278 e. The molecule has 2 rings (SSSR count). The minimum absolute atomic E-state index is 0.0695. The summed E-state index contributed by atoms with van der Waals surface area (Å²) >= 11 is 5.76. The van der Waals surface area contributed by atoms with Crippen LogP contribution in [0.1, 0.15) is 36.2 Å². The first-order valence-corrected chi connectivity index (χ1v) is 7.06. The number of amides is 2. The molecule has 1 heterocycles. The molecule has 4 heteroatoms. The molecule has 1 atom stereocenters. The number of carbonyl (C=O) groups is 2. The molecular weight excluding hydrogens is 262 g/mol. The van der Waals surface area contributed by atoms with Gasteiger partial charge >= 0.3 is 0 Å². The van der Waals surface area contributed by atoms with E-state index < -0.39 is 0 Å². The summed E-state index contributed by atoms with van der Waals surface area (Å²) in [5.74, 6) is 0.771. The van der Waals surface area contributed by atoms with Crippen molar-refractivity contribution in [3.8, 4) is 0 Å². The Bertz CT molecular complexity index is 499. The third-order valence-corrected chi connectivity index (χ3v) is 3.98. The van der Waals surface area contributed by atoms with E-state index in [9.17, 15) is 9.59 Å². The molecule has 1 aromatic rings. The van der Waals surface area contributed by atoms with Gasteiger partial charge in [0.15, 0.2) is 0 Å². The van der Waals surface area contributed by atoms with Crippen molar-refractivity contribution in [3.63, 3.8) is 0 Å². The average Bonchev–Trinajstić information content (AvgIpc) is 2.80. The van der Waals surface area contributed by atoms with Crippen molar-refractivity contribution in [1.29, 1.82) is 0 Å². The van der Waals surface area contributed by atoms with E-state index >= 15 is 0 Å². The minimum atomic E-state index is -0.208. The molecule has 0 aromatic heterocycles. The zero-order valence-electron chi connectivity index (χ0n) is 11.2. The Labute approximate surface area is 118 Å². The second-order valence-electron chi connectivity index (χ2n) is 5.35. The summed E-state index contributed by atoms with van der Waals surface area (Å²) in [6.07, 6.45) is 0.471. The fraction of sp³-hybridized carbons (Fsp3) is 0.467. The van der Waals surface area contributed by atoms with Gasteiger partial charge in [-0.15, -0.1) is 11.6 Å². The summed E-state index contributed by atoms with van der Waals surface area (Å²) in [6.45, 7) is 4.69. The third kappa shape index (κ3) is 2.98. The largest absolute Gasteiger partial charge is 0.278 e. The number of carbonyl (C=O) groups excluding carboxylic acids is 2. The van der Waals surface area contributed by atoms with Crippen LogP contribution in [0.25, 0.3) is 0 Å². The maximum atomic E-state index is 12.4. The van der Waals surface area contributed by atoms with Gasteiger partial charge in [-0.3, -0.25) is 14.5 Å². The van der Waals surface area contributed by atoms with Crippen LogP contribution in [-0.2, 0) is 10.7 Å². The van der Waals surface area contributed by atoms with Gasteiger partial charge in [0.25, 0.3) is 5.91 Å². The van der Waals surface area contributed by atoms with E-state index in [0.29, 0.717) is 30.3 Å². The zero-order chi connectivity index (χ0) is 14.0. The molecule has 2 amide bonds. The van der Waals surface area contributed by atoms with Gasteiger partial charge in [-0.05, 0) is 29.5 Å². The van der Waals surface area contributed by atoms with Gasteiger partial charge in [0.05, 0.1) is 0 Å². The van der Waals surface area contributed by atoms with Crippen molar-refractivity contribution in [1.82, 2.24) is 4.90 Å². The Morgan fingerprint density at radius 3 is 2.79 bits per heavy atom. The van der Waals surface area contributed by atoms with Crippen LogP contribution in [-0.4, -0.2) is 23.3 Å². The van der Waals surface area contributed by atoms with E-state index in [4.69, 9.17) is 11.6 Å². The standard InChI is InChI=1S/C15H18ClNO2/c1-10(2)13-7-14(18)17(9-13)15(19)12-5-3-4-11(6-12)8-16/h3-6,10,13H,7-9H2,1-2H3. The van der Waals surface area contributed by atoms with Crippen molar-refractivity contribution in [2.24, 2.45) is 11.8 Å². The molecule has 0 N–H and O–H groups in total. The number of likely N-dealkylation sites (tertiary alicyclic amines) is 1. The fourth-order valence-electron chi connectivity index (χ4n) is 2.32. The molecule has 1 aliphatic heterocycles. The third-order valence-electron chi connectivity index (χ3n) is 3.67. The normalized spacial score (nSPS) is 19.3. The van der Waals surface area contributed by atoms with Crippen LogP contribution in [0, 0.1) is 11.8 Å². The Morgan fingerprint density at radius 1 is 1.47 bits per heavy atom. The van der Waals surface area contributed by atoms with Crippen LogP contribution in [0.15, 0.2) is 24.3 Å². The Morgan fingerprint density at radius 2 is 2.21 bits per heavy atom.